The van der Waals surface area contributed by atoms with Crippen LogP contribution >= 0.6 is 11.6 Å². The number of rotatable bonds is 4. The molecule has 18 heavy (non-hydrogen) atoms. The molecule has 2 aromatic rings. The van der Waals surface area contributed by atoms with Gasteiger partial charge in [0.1, 0.15) is 0 Å². The summed E-state index contributed by atoms with van der Waals surface area (Å²) < 4.78 is 0. The van der Waals surface area contributed by atoms with Gasteiger partial charge in [-0.2, -0.15) is 15.0 Å². The van der Waals surface area contributed by atoms with E-state index < -0.39 is 0 Å². The number of benzene rings is 1. The lowest BCUT2D eigenvalue weighted by Crippen LogP contribution is -2.23. The molecule has 0 atom stereocenters. The molecule has 0 radical (unpaired) electrons. The summed E-state index contributed by atoms with van der Waals surface area (Å²) in [5.41, 5.74) is 6.79. The number of hydrogen-bond donors (Lipinski definition) is 1. The minimum Gasteiger partial charge on any atom is -0.368 e. The Bertz CT molecular complexity index is 497. The van der Waals surface area contributed by atoms with Gasteiger partial charge in [-0.1, -0.05) is 30.3 Å². The first-order valence-electron chi connectivity index (χ1n) is 5.57. The molecular weight excluding hydrogens is 250 g/mol. The maximum absolute atomic E-state index is 5.74. The summed E-state index contributed by atoms with van der Waals surface area (Å²) in [6.07, 6.45) is 0.903. The van der Waals surface area contributed by atoms with Gasteiger partial charge in [0, 0.05) is 13.6 Å². The Hall–Kier alpha value is -1.88. The van der Waals surface area contributed by atoms with Gasteiger partial charge in [-0.15, -0.1) is 0 Å². The minimum atomic E-state index is 0.115. The highest BCUT2D eigenvalue weighted by Gasteiger charge is 2.07. The molecule has 1 aromatic carbocycles. The number of aromatic nitrogens is 3. The van der Waals surface area contributed by atoms with Crippen LogP contribution in [0.25, 0.3) is 0 Å². The van der Waals surface area contributed by atoms with Crippen LogP contribution in [-0.4, -0.2) is 28.5 Å². The summed E-state index contributed by atoms with van der Waals surface area (Å²) in [5, 5.41) is 0.115. The zero-order valence-electron chi connectivity index (χ0n) is 10.0. The number of nitrogens with zero attached hydrogens (tertiary/aromatic N) is 4. The van der Waals surface area contributed by atoms with E-state index in [2.05, 4.69) is 27.1 Å². The molecule has 0 aliphatic carbocycles. The number of halogens is 1. The van der Waals surface area contributed by atoms with E-state index in [1.54, 1.807) is 0 Å². The molecule has 0 spiro atoms. The number of likely N-dealkylation sites (N-methyl/N-ethyl adjacent to an activating group) is 1. The zero-order valence-corrected chi connectivity index (χ0v) is 10.8. The third kappa shape index (κ3) is 3.30. The number of anilines is 2. The molecule has 5 nitrogen and oxygen atoms in total. The van der Waals surface area contributed by atoms with E-state index in [1.807, 2.05) is 30.1 Å². The van der Waals surface area contributed by atoms with Crippen LogP contribution in [0.2, 0.25) is 5.28 Å². The molecule has 2 rings (SSSR count). The molecule has 0 aliphatic heterocycles. The molecule has 1 aromatic heterocycles. The third-order valence-corrected chi connectivity index (χ3v) is 2.70. The van der Waals surface area contributed by atoms with Crippen molar-refractivity contribution in [1.29, 1.82) is 0 Å². The fourth-order valence-electron chi connectivity index (χ4n) is 1.57. The van der Waals surface area contributed by atoms with Crippen LogP contribution in [0.5, 0.6) is 0 Å². The Kier molecular flexibility index (Phi) is 3.94. The molecule has 0 bridgehead atoms. The van der Waals surface area contributed by atoms with Gasteiger partial charge in [0.25, 0.3) is 0 Å². The van der Waals surface area contributed by atoms with Crippen LogP contribution < -0.4 is 10.6 Å². The van der Waals surface area contributed by atoms with Crippen molar-refractivity contribution in [2.45, 2.75) is 6.42 Å². The van der Waals surface area contributed by atoms with E-state index in [1.165, 1.54) is 5.56 Å². The predicted octanol–water partition coefficient (Wildman–Crippen LogP) is 1.79. The summed E-state index contributed by atoms with van der Waals surface area (Å²) in [6, 6.07) is 10.2. The highest BCUT2D eigenvalue weighted by atomic mass is 35.5. The van der Waals surface area contributed by atoms with E-state index in [0.717, 1.165) is 13.0 Å². The average Bonchev–Trinajstić information content (AvgIpc) is 2.36. The maximum Gasteiger partial charge on any atom is 0.231 e. The Labute approximate surface area is 111 Å². The highest BCUT2D eigenvalue weighted by molar-refractivity contribution is 6.28. The van der Waals surface area contributed by atoms with Crippen molar-refractivity contribution in [3.8, 4) is 0 Å². The fraction of sp³-hybridized carbons (Fsp3) is 0.250. The van der Waals surface area contributed by atoms with E-state index in [-0.39, 0.29) is 11.2 Å². The highest BCUT2D eigenvalue weighted by Crippen LogP contribution is 2.11. The first-order valence-corrected chi connectivity index (χ1v) is 5.95. The second-order valence-corrected chi connectivity index (χ2v) is 4.26. The standard InChI is InChI=1S/C12H14ClN5/c1-18(8-7-9-5-3-2-4-6-9)12-16-10(13)15-11(14)17-12/h2-6H,7-8H2,1H3,(H2,14,15,16,17). The second kappa shape index (κ2) is 5.64. The molecular formula is C12H14ClN5. The molecule has 1 heterocycles. The summed E-state index contributed by atoms with van der Waals surface area (Å²) in [4.78, 5) is 13.7. The summed E-state index contributed by atoms with van der Waals surface area (Å²) >= 11 is 5.74. The van der Waals surface area contributed by atoms with Gasteiger partial charge >= 0.3 is 0 Å². The normalized spacial score (nSPS) is 10.3. The molecule has 2 N–H and O–H groups in total. The van der Waals surface area contributed by atoms with Crippen LogP contribution in [-0.2, 0) is 6.42 Å². The van der Waals surface area contributed by atoms with Crippen LogP contribution in [0.1, 0.15) is 5.56 Å². The molecule has 6 heteroatoms. The minimum absolute atomic E-state index is 0.115. The smallest absolute Gasteiger partial charge is 0.231 e. The Morgan fingerprint density at radius 2 is 1.89 bits per heavy atom. The maximum atomic E-state index is 5.74. The first-order chi connectivity index (χ1) is 8.65. The molecule has 0 amide bonds. The number of hydrogen-bond acceptors (Lipinski definition) is 5. The van der Waals surface area contributed by atoms with E-state index in [9.17, 15) is 0 Å². The average molecular weight is 264 g/mol. The summed E-state index contributed by atoms with van der Waals surface area (Å²) in [7, 11) is 1.90. The Balaban J connectivity index is 2.01. The monoisotopic (exact) mass is 263 g/mol. The van der Waals surface area contributed by atoms with Crippen molar-refractivity contribution in [2.24, 2.45) is 0 Å². The zero-order chi connectivity index (χ0) is 13.0. The van der Waals surface area contributed by atoms with Gasteiger partial charge in [-0.3, -0.25) is 0 Å². The van der Waals surface area contributed by atoms with E-state index in [4.69, 9.17) is 17.3 Å². The lowest BCUT2D eigenvalue weighted by Gasteiger charge is -2.16. The van der Waals surface area contributed by atoms with Crippen molar-refractivity contribution < 1.29 is 0 Å². The molecule has 0 aliphatic rings. The van der Waals surface area contributed by atoms with Crippen molar-refractivity contribution in [3.63, 3.8) is 0 Å². The van der Waals surface area contributed by atoms with Crippen molar-refractivity contribution >= 4 is 23.5 Å². The second-order valence-electron chi connectivity index (χ2n) is 3.92. The van der Waals surface area contributed by atoms with Gasteiger partial charge < -0.3 is 10.6 Å². The van der Waals surface area contributed by atoms with Crippen molar-refractivity contribution in [2.75, 3.05) is 24.2 Å². The van der Waals surface area contributed by atoms with Crippen LogP contribution in [0.15, 0.2) is 30.3 Å². The molecule has 0 unspecified atom stereocenters. The van der Waals surface area contributed by atoms with Crippen LogP contribution in [0.4, 0.5) is 11.9 Å². The molecule has 0 saturated heterocycles. The third-order valence-electron chi connectivity index (χ3n) is 2.53. The van der Waals surface area contributed by atoms with Gasteiger partial charge in [0.15, 0.2) is 0 Å². The SMILES string of the molecule is CN(CCc1ccccc1)c1nc(N)nc(Cl)n1. The Morgan fingerprint density at radius 1 is 1.17 bits per heavy atom. The van der Waals surface area contributed by atoms with Gasteiger partial charge in [-0.05, 0) is 23.6 Å². The Morgan fingerprint density at radius 3 is 2.56 bits per heavy atom. The number of nitrogen functional groups attached to an aromatic ring is 1. The van der Waals surface area contributed by atoms with E-state index in [0.29, 0.717) is 5.95 Å². The molecule has 94 valence electrons. The largest absolute Gasteiger partial charge is 0.368 e. The predicted molar refractivity (Wildman–Crippen MR) is 72.7 cm³/mol. The summed E-state index contributed by atoms with van der Waals surface area (Å²) in [5.74, 6) is 0.625. The molecule has 0 fully saturated rings. The fourth-order valence-corrected chi connectivity index (χ4v) is 1.73. The quantitative estimate of drug-likeness (QED) is 0.911. The first kappa shape index (κ1) is 12.6. The topological polar surface area (TPSA) is 67.9 Å². The lowest BCUT2D eigenvalue weighted by molar-refractivity contribution is 0.831. The van der Waals surface area contributed by atoms with Crippen molar-refractivity contribution in [1.82, 2.24) is 15.0 Å². The summed E-state index contributed by atoms with van der Waals surface area (Å²) in [6.45, 7) is 0.782. The lowest BCUT2D eigenvalue weighted by atomic mass is 10.1. The van der Waals surface area contributed by atoms with Crippen LogP contribution in [0, 0.1) is 0 Å². The van der Waals surface area contributed by atoms with Gasteiger partial charge in [-0.25, -0.2) is 0 Å². The van der Waals surface area contributed by atoms with Gasteiger partial charge in [0.2, 0.25) is 17.2 Å². The van der Waals surface area contributed by atoms with Crippen LogP contribution in [0.3, 0.4) is 0 Å². The van der Waals surface area contributed by atoms with Crippen molar-refractivity contribution in [3.05, 3.63) is 41.2 Å². The van der Waals surface area contributed by atoms with E-state index >= 15 is 0 Å². The molecule has 0 saturated carbocycles. The van der Waals surface area contributed by atoms with Gasteiger partial charge in [0.05, 0.1) is 0 Å². The number of nitrogens with two attached hydrogens (primary N) is 1.